The van der Waals surface area contributed by atoms with Crippen LogP contribution in [0.2, 0.25) is 0 Å². The fraction of sp³-hybridized carbons (Fsp3) is 0.625. The SMILES string of the molecule is CCC1(C(NC)c2ccc(OC)cc2F)CCCC1. The van der Waals surface area contributed by atoms with Gasteiger partial charge in [0, 0.05) is 17.7 Å². The van der Waals surface area contributed by atoms with Gasteiger partial charge < -0.3 is 10.1 Å². The van der Waals surface area contributed by atoms with Gasteiger partial charge in [-0.3, -0.25) is 0 Å². The van der Waals surface area contributed by atoms with Crippen LogP contribution in [0, 0.1) is 11.2 Å². The molecule has 0 aromatic heterocycles. The molecule has 1 aromatic rings. The Balaban J connectivity index is 2.36. The van der Waals surface area contributed by atoms with E-state index >= 15 is 0 Å². The molecule has 1 N–H and O–H groups in total. The number of ether oxygens (including phenoxy) is 1. The normalized spacial score (nSPS) is 19.4. The predicted molar refractivity (Wildman–Crippen MR) is 75.9 cm³/mol. The van der Waals surface area contributed by atoms with E-state index in [1.165, 1.54) is 31.7 Å². The van der Waals surface area contributed by atoms with E-state index in [1.54, 1.807) is 7.11 Å². The highest BCUT2D eigenvalue weighted by Gasteiger charge is 2.40. The van der Waals surface area contributed by atoms with Gasteiger partial charge in [-0.15, -0.1) is 0 Å². The summed E-state index contributed by atoms with van der Waals surface area (Å²) in [5.74, 6) is 0.409. The third-order valence-corrected chi connectivity index (χ3v) is 4.72. The van der Waals surface area contributed by atoms with Crippen LogP contribution in [0.3, 0.4) is 0 Å². The van der Waals surface area contributed by atoms with Crippen molar-refractivity contribution in [2.75, 3.05) is 14.2 Å². The summed E-state index contributed by atoms with van der Waals surface area (Å²) < 4.78 is 19.4. The molecule has 0 aliphatic heterocycles. The van der Waals surface area contributed by atoms with E-state index in [0.717, 1.165) is 12.0 Å². The number of nitrogens with one attached hydrogen (secondary N) is 1. The zero-order valence-electron chi connectivity index (χ0n) is 12.1. The van der Waals surface area contributed by atoms with Gasteiger partial charge >= 0.3 is 0 Å². The van der Waals surface area contributed by atoms with E-state index in [-0.39, 0.29) is 17.3 Å². The van der Waals surface area contributed by atoms with Gasteiger partial charge in [-0.1, -0.05) is 25.8 Å². The summed E-state index contributed by atoms with van der Waals surface area (Å²) in [6.07, 6.45) is 5.96. The van der Waals surface area contributed by atoms with Crippen molar-refractivity contribution in [3.8, 4) is 5.75 Å². The minimum Gasteiger partial charge on any atom is -0.497 e. The first-order valence-corrected chi connectivity index (χ1v) is 7.17. The molecule has 0 spiro atoms. The van der Waals surface area contributed by atoms with Crippen LogP contribution in [0.1, 0.15) is 50.6 Å². The lowest BCUT2D eigenvalue weighted by Crippen LogP contribution is -2.34. The molecule has 0 heterocycles. The number of hydrogen-bond donors (Lipinski definition) is 1. The number of halogens is 1. The highest BCUT2D eigenvalue weighted by Crippen LogP contribution is 2.50. The Morgan fingerprint density at radius 2 is 2.05 bits per heavy atom. The monoisotopic (exact) mass is 265 g/mol. The summed E-state index contributed by atoms with van der Waals surface area (Å²) >= 11 is 0. The lowest BCUT2D eigenvalue weighted by molar-refractivity contribution is 0.191. The molecular formula is C16H24FNO. The molecule has 0 bridgehead atoms. The Hall–Kier alpha value is -1.09. The van der Waals surface area contributed by atoms with Crippen molar-refractivity contribution in [3.05, 3.63) is 29.6 Å². The summed E-state index contributed by atoms with van der Waals surface area (Å²) in [6, 6.07) is 5.29. The molecule has 1 unspecified atom stereocenters. The molecule has 1 saturated carbocycles. The predicted octanol–water partition coefficient (Wildman–Crippen LogP) is 4.07. The summed E-state index contributed by atoms with van der Waals surface area (Å²) in [5.41, 5.74) is 0.969. The zero-order valence-corrected chi connectivity index (χ0v) is 12.1. The Bertz CT molecular complexity index is 427. The van der Waals surface area contributed by atoms with Crippen LogP contribution in [0.5, 0.6) is 5.75 Å². The molecule has 1 aliphatic rings. The molecule has 106 valence electrons. The van der Waals surface area contributed by atoms with Gasteiger partial charge in [0.1, 0.15) is 11.6 Å². The average molecular weight is 265 g/mol. The average Bonchev–Trinajstić information content (AvgIpc) is 2.91. The number of rotatable bonds is 5. The van der Waals surface area contributed by atoms with E-state index in [4.69, 9.17) is 4.74 Å². The molecule has 1 fully saturated rings. The Labute approximate surface area is 115 Å². The van der Waals surface area contributed by atoms with Crippen molar-refractivity contribution in [3.63, 3.8) is 0 Å². The van der Waals surface area contributed by atoms with E-state index < -0.39 is 0 Å². The number of methoxy groups -OCH3 is 1. The van der Waals surface area contributed by atoms with Crippen LogP contribution in [0.15, 0.2) is 18.2 Å². The summed E-state index contributed by atoms with van der Waals surface area (Å²) in [6.45, 7) is 2.22. The van der Waals surface area contributed by atoms with Crippen molar-refractivity contribution in [1.82, 2.24) is 5.32 Å². The van der Waals surface area contributed by atoms with E-state index in [2.05, 4.69) is 12.2 Å². The fourth-order valence-corrected chi connectivity index (χ4v) is 3.59. The molecular weight excluding hydrogens is 241 g/mol. The van der Waals surface area contributed by atoms with Crippen molar-refractivity contribution in [1.29, 1.82) is 0 Å². The molecule has 1 aliphatic carbocycles. The second-order valence-corrected chi connectivity index (χ2v) is 5.53. The summed E-state index contributed by atoms with van der Waals surface area (Å²) in [7, 11) is 3.50. The largest absolute Gasteiger partial charge is 0.497 e. The maximum atomic E-state index is 14.3. The molecule has 0 saturated heterocycles. The summed E-state index contributed by atoms with van der Waals surface area (Å²) in [5, 5.41) is 3.35. The lowest BCUT2D eigenvalue weighted by atomic mass is 9.73. The van der Waals surface area contributed by atoms with Crippen LogP contribution in [0.25, 0.3) is 0 Å². The molecule has 0 amide bonds. The Kier molecular flexibility index (Phi) is 4.46. The molecule has 0 radical (unpaired) electrons. The maximum absolute atomic E-state index is 14.3. The standard InChI is InChI=1S/C16H24FNO/c1-4-16(9-5-6-10-16)15(18-2)13-8-7-12(19-3)11-14(13)17/h7-8,11,15,18H,4-6,9-10H2,1-3H3. The van der Waals surface area contributed by atoms with Crippen molar-refractivity contribution >= 4 is 0 Å². The maximum Gasteiger partial charge on any atom is 0.131 e. The number of hydrogen-bond acceptors (Lipinski definition) is 2. The van der Waals surface area contributed by atoms with Crippen LogP contribution in [0.4, 0.5) is 4.39 Å². The molecule has 1 atom stereocenters. The minimum atomic E-state index is -0.168. The highest BCUT2D eigenvalue weighted by molar-refractivity contribution is 5.32. The Morgan fingerprint density at radius 1 is 1.37 bits per heavy atom. The number of benzene rings is 1. The molecule has 2 rings (SSSR count). The lowest BCUT2D eigenvalue weighted by Gasteiger charge is -2.37. The van der Waals surface area contributed by atoms with Crippen LogP contribution >= 0.6 is 0 Å². The molecule has 1 aromatic carbocycles. The second-order valence-electron chi connectivity index (χ2n) is 5.53. The fourth-order valence-electron chi connectivity index (χ4n) is 3.59. The van der Waals surface area contributed by atoms with Gasteiger partial charge in [-0.05, 0) is 37.8 Å². The van der Waals surface area contributed by atoms with Gasteiger partial charge in [-0.25, -0.2) is 4.39 Å². The van der Waals surface area contributed by atoms with Gasteiger partial charge in [0.15, 0.2) is 0 Å². The van der Waals surface area contributed by atoms with Gasteiger partial charge in [-0.2, -0.15) is 0 Å². The van der Waals surface area contributed by atoms with E-state index in [0.29, 0.717) is 5.75 Å². The Morgan fingerprint density at radius 3 is 2.53 bits per heavy atom. The zero-order chi connectivity index (χ0) is 13.9. The van der Waals surface area contributed by atoms with Crippen molar-refractivity contribution in [2.24, 2.45) is 5.41 Å². The molecule has 19 heavy (non-hydrogen) atoms. The third kappa shape index (κ3) is 2.62. The van der Waals surface area contributed by atoms with E-state index in [1.807, 2.05) is 19.2 Å². The van der Waals surface area contributed by atoms with Crippen molar-refractivity contribution < 1.29 is 9.13 Å². The molecule has 3 heteroatoms. The smallest absolute Gasteiger partial charge is 0.131 e. The quantitative estimate of drug-likeness (QED) is 0.866. The first-order chi connectivity index (χ1) is 9.16. The van der Waals surface area contributed by atoms with Crippen molar-refractivity contribution in [2.45, 2.75) is 45.1 Å². The first kappa shape index (κ1) is 14.3. The second kappa shape index (κ2) is 5.91. The van der Waals surface area contributed by atoms with E-state index in [9.17, 15) is 4.39 Å². The summed E-state index contributed by atoms with van der Waals surface area (Å²) in [4.78, 5) is 0. The molecule has 2 nitrogen and oxygen atoms in total. The van der Waals surface area contributed by atoms with Crippen LogP contribution < -0.4 is 10.1 Å². The van der Waals surface area contributed by atoms with Gasteiger partial charge in [0.05, 0.1) is 7.11 Å². The third-order valence-electron chi connectivity index (χ3n) is 4.72. The minimum absolute atomic E-state index is 0.0888. The van der Waals surface area contributed by atoms with Gasteiger partial charge in [0.25, 0.3) is 0 Å². The highest BCUT2D eigenvalue weighted by atomic mass is 19.1. The first-order valence-electron chi connectivity index (χ1n) is 7.17. The van der Waals surface area contributed by atoms with Crippen LogP contribution in [-0.4, -0.2) is 14.2 Å². The van der Waals surface area contributed by atoms with Gasteiger partial charge in [0.2, 0.25) is 0 Å². The van der Waals surface area contributed by atoms with Crippen LogP contribution in [-0.2, 0) is 0 Å². The topological polar surface area (TPSA) is 21.3 Å².